The summed E-state index contributed by atoms with van der Waals surface area (Å²) in [6.07, 6.45) is 1.69. The topological polar surface area (TPSA) is 35.3 Å². The van der Waals surface area contributed by atoms with Gasteiger partial charge in [-0.15, -0.1) is 0 Å². The zero-order valence-corrected chi connectivity index (χ0v) is 11.1. The SMILES string of the molecule is COc1ccc(CCC(C)=[N+]([O-])C(C)C)cc1. The zero-order valence-electron chi connectivity index (χ0n) is 11.1. The van der Waals surface area contributed by atoms with Crippen LogP contribution in [0.3, 0.4) is 0 Å². The van der Waals surface area contributed by atoms with E-state index in [0.29, 0.717) is 0 Å². The molecule has 0 bridgehead atoms. The van der Waals surface area contributed by atoms with Crippen LogP contribution >= 0.6 is 0 Å². The number of benzene rings is 1. The molecule has 17 heavy (non-hydrogen) atoms. The lowest BCUT2D eigenvalue weighted by Gasteiger charge is -2.11. The van der Waals surface area contributed by atoms with Crippen molar-refractivity contribution in [3.8, 4) is 5.75 Å². The summed E-state index contributed by atoms with van der Waals surface area (Å²) in [6.45, 7) is 5.71. The first-order chi connectivity index (χ1) is 8.04. The lowest BCUT2D eigenvalue weighted by Crippen LogP contribution is -2.20. The molecule has 0 heterocycles. The summed E-state index contributed by atoms with van der Waals surface area (Å²) in [5.74, 6) is 0.863. The number of nitrogens with zero attached hydrogens (tertiary/aromatic N) is 1. The molecule has 0 amide bonds. The molecule has 0 spiro atoms. The average molecular weight is 235 g/mol. The number of aryl methyl sites for hydroxylation is 1. The minimum atomic E-state index is 0.0193. The maximum absolute atomic E-state index is 11.6. The molecule has 0 unspecified atom stereocenters. The molecule has 0 fully saturated rings. The second-order valence-electron chi connectivity index (χ2n) is 4.50. The highest BCUT2D eigenvalue weighted by molar-refractivity contribution is 5.77. The molecule has 0 saturated heterocycles. The first-order valence-electron chi connectivity index (χ1n) is 5.96. The van der Waals surface area contributed by atoms with Gasteiger partial charge in [0, 0.05) is 13.3 Å². The van der Waals surface area contributed by atoms with E-state index in [-0.39, 0.29) is 6.04 Å². The van der Waals surface area contributed by atoms with E-state index in [1.807, 2.05) is 45.0 Å². The standard InChI is InChI=1S/C14H21NO2/c1-11(2)15(16)12(3)5-6-13-7-9-14(17-4)10-8-13/h7-11H,5-6H2,1-4H3. The summed E-state index contributed by atoms with van der Waals surface area (Å²) in [7, 11) is 1.66. The maximum atomic E-state index is 11.6. The maximum Gasteiger partial charge on any atom is 0.160 e. The highest BCUT2D eigenvalue weighted by atomic mass is 16.5. The highest BCUT2D eigenvalue weighted by Gasteiger charge is 2.07. The number of hydrogen-bond acceptors (Lipinski definition) is 2. The molecule has 1 aromatic rings. The Labute approximate surface area is 103 Å². The molecule has 0 aromatic heterocycles. The molecule has 3 nitrogen and oxygen atoms in total. The Kier molecular flexibility index (Phi) is 5.01. The van der Waals surface area contributed by atoms with E-state index >= 15 is 0 Å². The van der Waals surface area contributed by atoms with Crippen LogP contribution in [0.1, 0.15) is 32.8 Å². The lowest BCUT2D eigenvalue weighted by molar-refractivity contribution is -0.493. The van der Waals surface area contributed by atoms with E-state index in [4.69, 9.17) is 4.74 Å². The van der Waals surface area contributed by atoms with Crippen LogP contribution in [-0.2, 0) is 6.42 Å². The van der Waals surface area contributed by atoms with Crippen LogP contribution in [0.4, 0.5) is 0 Å². The van der Waals surface area contributed by atoms with Gasteiger partial charge in [-0.25, -0.2) is 4.74 Å². The summed E-state index contributed by atoms with van der Waals surface area (Å²) in [4.78, 5) is 0. The van der Waals surface area contributed by atoms with Gasteiger partial charge in [-0.3, -0.25) is 0 Å². The molecule has 0 saturated carbocycles. The monoisotopic (exact) mass is 235 g/mol. The van der Waals surface area contributed by atoms with Crippen LogP contribution in [0.25, 0.3) is 0 Å². The smallest absolute Gasteiger partial charge is 0.160 e. The Hall–Kier alpha value is -1.51. The quantitative estimate of drug-likeness (QED) is 0.340. The van der Waals surface area contributed by atoms with Crippen molar-refractivity contribution in [3.05, 3.63) is 35.0 Å². The summed E-state index contributed by atoms with van der Waals surface area (Å²) >= 11 is 0. The minimum Gasteiger partial charge on any atom is -0.624 e. The van der Waals surface area contributed by atoms with Gasteiger partial charge in [0.1, 0.15) is 5.75 Å². The molecule has 1 rings (SSSR count). The van der Waals surface area contributed by atoms with Gasteiger partial charge < -0.3 is 9.94 Å². The Morgan fingerprint density at radius 1 is 1.29 bits per heavy atom. The van der Waals surface area contributed by atoms with E-state index in [2.05, 4.69) is 0 Å². The van der Waals surface area contributed by atoms with Gasteiger partial charge in [0.2, 0.25) is 0 Å². The number of rotatable bonds is 5. The molecular formula is C14H21NO2. The van der Waals surface area contributed by atoms with E-state index in [9.17, 15) is 5.21 Å². The first kappa shape index (κ1) is 13.6. The van der Waals surface area contributed by atoms with Gasteiger partial charge in [-0.2, -0.15) is 0 Å². The minimum absolute atomic E-state index is 0.0193. The molecule has 1 aromatic carbocycles. The van der Waals surface area contributed by atoms with Crippen molar-refractivity contribution in [2.75, 3.05) is 7.11 Å². The summed E-state index contributed by atoms with van der Waals surface area (Å²) in [6, 6.07) is 7.99. The summed E-state index contributed by atoms with van der Waals surface area (Å²) in [5.41, 5.74) is 2.11. The first-order valence-corrected chi connectivity index (χ1v) is 5.96. The van der Waals surface area contributed by atoms with Crippen LogP contribution < -0.4 is 4.74 Å². The van der Waals surface area contributed by atoms with E-state index < -0.39 is 0 Å². The molecule has 0 radical (unpaired) electrons. The van der Waals surface area contributed by atoms with Gasteiger partial charge in [0.25, 0.3) is 0 Å². The van der Waals surface area contributed by atoms with Crippen molar-refractivity contribution in [1.29, 1.82) is 0 Å². The van der Waals surface area contributed by atoms with Crippen LogP contribution in [-0.4, -0.2) is 23.6 Å². The van der Waals surface area contributed by atoms with Crippen molar-refractivity contribution in [3.63, 3.8) is 0 Å². The highest BCUT2D eigenvalue weighted by Crippen LogP contribution is 2.12. The van der Waals surface area contributed by atoms with Gasteiger partial charge in [0.05, 0.1) is 7.11 Å². The molecule has 0 aliphatic heterocycles. The summed E-state index contributed by atoms with van der Waals surface area (Å²) < 4.78 is 6.19. The van der Waals surface area contributed by atoms with Gasteiger partial charge in [0.15, 0.2) is 11.8 Å². The van der Waals surface area contributed by atoms with Crippen LogP contribution in [0.5, 0.6) is 5.75 Å². The molecule has 0 N–H and O–H groups in total. The van der Waals surface area contributed by atoms with Crippen molar-refractivity contribution in [2.24, 2.45) is 0 Å². The molecule has 3 heteroatoms. The lowest BCUT2D eigenvalue weighted by atomic mass is 10.1. The van der Waals surface area contributed by atoms with E-state index in [0.717, 1.165) is 29.0 Å². The van der Waals surface area contributed by atoms with Crippen LogP contribution in [0.15, 0.2) is 24.3 Å². The predicted molar refractivity (Wildman–Crippen MR) is 70.8 cm³/mol. The number of hydrogen-bond donors (Lipinski definition) is 0. The second kappa shape index (κ2) is 6.28. The third-order valence-corrected chi connectivity index (χ3v) is 2.78. The van der Waals surface area contributed by atoms with Gasteiger partial charge in [-0.1, -0.05) is 12.1 Å². The molecular weight excluding hydrogens is 214 g/mol. The summed E-state index contributed by atoms with van der Waals surface area (Å²) in [5, 5.41) is 11.6. The Morgan fingerprint density at radius 3 is 2.35 bits per heavy atom. The Bertz CT molecular complexity index is 380. The van der Waals surface area contributed by atoms with Crippen molar-refractivity contribution in [1.82, 2.24) is 0 Å². The molecule has 0 atom stereocenters. The third kappa shape index (κ3) is 4.10. The predicted octanol–water partition coefficient (Wildman–Crippen LogP) is 3.01. The Morgan fingerprint density at radius 2 is 1.88 bits per heavy atom. The van der Waals surface area contributed by atoms with Gasteiger partial charge in [-0.05, 0) is 38.0 Å². The number of ether oxygens (including phenoxy) is 1. The third-order valence-electron chi connectivity index (χ3n) is 2.78. The molecule has 0 aliphatic carbocycles. The van der Waals surface area contributed by atoms with Crippen molar-refractivity contribution >= 4 is 5.71 Å². The fourth-order valence-corrected chi connectivity index (χ4v) is 1.67. The fraction of sp³-hybridized carbons (Fsp3) is 0.500. The average Bonchev–Trinajstić information content (AvgIpc) is 2.35. The van der Waals surface area contributed by atoms with Crippen molar-refractivity contribution in [2.45, 2.75) is 39.7 Å². The van der Waals surface area contributed by atoms with E-state index in [1.54, 1.807) is 7.11 Å². The largest absolute Gasteiger partial charge is 0.624 e. The van der Waals surface area contributed by atoms with E-state index in [1.165, 1.54) is 5.56 Å². The zero-order chi connectivity index (χ0) is 12.8. The van der Waals surface area contributed by atoms with Crippen molar-refractivity contribution < 1.29 is 9.48 Å². The van der Waals surface area contributed by atoms with Crippen LogP contribution in [0.2, 0.25) is 0 Å². The Balaban J connectivity index is 2.58. The van der Waals surface area contributed by atoms with Crippen LogP contribution in [0, 0.1) is 5.21 Å². The number of methoxy groups -OCH3 is 1. The number of hydroxylamine groups is 1. The van der Waals surface area contributed by atoms with Gasteiger partial charge >= 0.3 is 0 Å². The molecule has 0 aliphatic rings. The molecule has 94 valence electrons. The second-order valence-corrected chi connectivity index (χ2v) is 4.50. The fourth-order valence-electron chi connectivity index (χ4n) is 1.67. The normalized spacial score (nSPS) is 12.5.